The third-order valence-electron chi connectivity index (χ3n) is 4.24. The SMILES string of the molecule is O=C(NCCc1ccc(Cl)cc1)N1c2ccccc2Sc2ccccc21. The maximum atomic E-state index is 13.0. The van der Waals surface area contributed by atoms with E-state index in [2.05, 4.69) is 5.32 Å². The third-order valence-corrected chi connectivity index (χ3v) is 5.62. The van der Waals surface area contributed by atoms with Crippen LogP contribution in [-0.4, -0.2) is 12.6 Å². The van der Waals surface area contributed by atoms with Gasteiger partial charge in [-0.15, -0.1) is 0 Å². The average Bonchev–Trinajstić information content (AvgIpc) is 2.67. The van der Waals surface area contributed by atoms with Gasteiger partial charge in [0.05, 0.1) is 11.4 Å². The normalized spacial score (nSPS) is 12.3. The zero-order chi connectivity index (χ0) is 17.9. The van der Waals surface area contributed by atoms with Crippen molar-refractivity contribution in [3.8, 4) is 0 Å². The van der Waals surface area contributed by atoms with E-state index in [9.17, 15) is 4.79 Å². The number of halogens is 1. The zero-order valence-electron chi connectivity index (χ0n) is 14.0. The topological polar surface area (TPSA) is 32.3 Å². The van der Waals surface area contributed by atoms with Crippen molar-refractivity contribution in [2.75, 3.05) is 11.4 Å². The van der Waals surface area contributed by atoms with Crippen molar-refractivity contribution in [3.05, 3.63) is 83.4 Å². The highest BCUT2D eigenvalue weighted by molar-refractivity contribution is 7.99. The Morgan fingerprint density at radius 2 is 1.46 bits per heavy atom. The van der Waals surface area contributed by atoms with E-state index in [1.807, 2.05) is 72.8 Å². The van der Waals surface area contributed by atoms with Crippen LogP contribution in [0.3, 0.4) is 0 Å². The largest absolute Gasteiger partial charge is 0.337 e. The minimum absolute atomic E-state index is 0.112. The molecule has 0 unspecified atom stereocenters. The van der Waals surface area contributed by atoms with Crippen molar-refractivity contribution in [3.63, 3.8) is 0 Å². The first-order valence-corrected chi connectivity index (χ1v) is 9.60. The maximum absolute atomic E-state index is 13.0. The van der Waals surface area contributed by atoms with Gasteiger partial charge in [0, 0.05) is 21.4 Å². The lowest BCUT2D eigenvalue weighted by molar-refractivity contribution is 0.248. The molecule has 0 aromatic heterocycles. The van der Waals surface area contributed by atoms with Gasteiger partial charge in [-0.05, 0) is 48.4 Å². The van der Waals surface area contributed by atoms with Crippen LogP contribution in [-0.2, 0) is 6.42 Å². The van der Waals surface area contributed by atoms with Gasteiger partial charge in [0.15, 0.2) is 0 Å². The summed E-state index contributed by atoms with van der Waals surface area (Å²) >= 11 is 7.61. The van der Waals surface area contributed by atoms with E-state index in [0.717, 1.165) is 38.2 Å². The van der Waals surface area contributed by atoms with Crippen LogP contribution in [0.5, 0.6) is 0 Å². The summed E-state index contributed by atoms with van der Waals surface area (Å²) in [4.78, 5) is 16.9. The Hall–Kier alpha value is -2.43. The Morgan fingerprint density at radius 3 is 2.08 bits per heavy atom. The minimum atomic E-state index is -0.112. The molecule has 3 aromatic rings. The number of urea groups is 1. The Morgan fingerprint density at radius 1 is 0.885 bits per heavy atom. The summed E-state index contributed by atoms with van der Waals surface area (Å²) in [6, 6.07) is 23.6. The molecule has 0 atom stereocenters. The van der Waals surface area contributed by atoms with Crippen molar-refractivity contribution < 1.29 is 4.79 Å². The minimum Gasteiger partial charge on any atom is -0.337 e. The van der Waals surface area contributed by atoms with Gasteiger partial charge in [-0.25, -0.2) is 4.79 Å². The summed E-state index contributed by atoms with van der Waals surface area (Å²) in [5.41, 5.74) is 2.98. The molecule has 0 saturated carbocycles. The second-order valence-corrected chi connectivity index (χ2v) is 7.50. The number of hydrogen-bond donors (Lipinski definition) is 1. The first kappa shape index (κ1) is 17.0. The number of rotatable bonds is 3. The Bertz CT molecular complexity index is 897. The van der Waals surface area contributed by atoms with Crippen LogP contribution in [0.1, 0.15) is 5.56 Å². The van der Waals surface area contributed by atoms with Crippen LogP contribution in [0.15, 0.2) is 82.6 Å². The van der Waals surface area contributed by atoms with Crippen molar-refractivity contribution in [1.82, 2.24) is 5.32 Å². The molecule has 3 nitrogen and oxygen atoms in total. The van der Waals surface area contributed by atoms with Crippen LogP contribution in [0.25, 0.3) is 0 Å². The van der Waals surface area contributed by atoms with E-state index in [1.165, 1.54) is 0 Å². The standard InChI is InChI=1S/C21H17ClN2OS/c22-16-11-9-15(10-12-16)13-14-23-21(25)24-17-5-1-3-7-19(17)26-20-8-4-2-6-18(20)24/h1-12H,13-14H2,(H,23,25). The lowest BCUT2D eigenvalue weighted by Crippen LogP contribution is -2.39. The summed E-state index contributed by atoms with van der Waals surface area (Å²) in [6.07, 6.45) is 0.759. The molecule has 1 N–H and O–H groups in total. The molecule has 0 fully saturated rings. The van der Waals surface area contributed by atoms with Gasteiger partial charge < -0.3 is 5.32 Å². The summed E-state index contributed by atoms with van der Waals surface area (Å²) in [6.45, 7) is 0.564. The van der Waals surface area contributed by atoms with Gasteiger partial charge in [0.2, 0.25) is 0 Å². The molecule has 0 aliphatic carbocycles. The molecule has 4 rings (SSSR count). The zero-order valence-corrected chi connectivity index (χ0v) is 15.6. The highest BCUT2D eigenvalue weighted by Crippen LogP contribution is 2.47. The lowest BCUT2D eigenvalue weighted by Gasteiger charge is -2.31. The molecule has 1 aliphatic heterocycles. The Kier molecular flexibility index (Phi) is 4.87. The average molecular weight is 381 g/mol. The van der Waals surface area contributed by atoms with Gasteiger partial charge in [-0.1, -0.05) is 59.8 Å². The molecule has 1 aliphatic rings. The molecule has 0 radical (unpaired) electrons. The van der Waals surface area contributed by atoms with E-state index in [4.69, 9.17) is 11.6 Å². The van der Waals surface area contributed by atoms with E-state index >= 15 is 0 Å². The highest BCUT2D eigenvalue weighted by Gasteiger charge is 2.27. The summed E-state index contributed by atoms with van der Waals surface area (Å²) in [5, 5.41) is 3.76. The molecule has 0 spiro atoms. The smallest absolute Gasteiger partial charge is 0.326 e. The number of nitrogens with one attached hydrogen (secondary N) is 1. The molecular formula is C21H17ClN2OS. The van der Waals surface area contributed by atoms with Gasteiger partial charge in [0.25, 0.3) is 0 Å². The molecule has 26 heavy (non-hydrogen) atoms. The second kappa shape index (κ2) is 7.44. The van der Waals surface area contributed by atoms with E-state index in [0.29, 0.717) is 6.54 Å². The first-order chi connectivity index (χ1) is 12.7. The van der Waals surface area contributed by atoms with E-state index in [1.54, 1.807) is 16.7 Å². The van der Waals surface area contributed by atoms with Crippen molar-refractivity contribution in [1.29, 1.82) is 0 Å². The molecule has 2 amide bonds. The number of anilines is 2. The lowest BCUT2D eigenvalue weighted by atomic mass is 10.1. The molecule has 0 bridgehead atoms. The molecule has 5 heteroatoms. The Labute approximate surface area is 162 Å². The van der Waals surface area contributed by atoms with Gasteiger partial charge in [-0.3, -0.25) is 4.90 Å². The number of benzene rings is 3. The molecule has 3 aromatic carbocycles. The van der Waals surface area contributed by atoms with Crippen molar-refractivity contribution in [2.24, 2.45) is 0 Å². The van der Waals surface area contributed by atoms with Gasteiger partial charge in [-0.2, -0.15) is 0 Å². The predicted octanol–water partition coefficient (Wildman–Crippen LogP) is 5.90. The fourth-order valence-electron chi connectivity index (χ4n) is 2.97. The molecular weight excluding hydrogens is 364 g/mol. The van der Waals surface area contributed by atoms with E-state index < -0.39 is 0 Å². The predicted molar refractivity (Wildman–Crippen MR) is 108 cm³/mol. The molecule has 1 heterocycles. The number of hydrogen-bond acceptors (Lipinski definition) is 2. The number of amides is 2. The van der Waals surface area contributed by atoms with Crippen LogP contribution in [0.2, 0.25) is 5.02 Å². The van der Waals surface area contributed by atoms with Crippen molar-refractivity contribution >= 4 is 40.8 Å². The fourth-order valence-corrected chi connectivity index (χ4v) is 4.15. The molecule has 130 valence electrons. The molecule has 0 saturated heterocycles. The second-order valence-electron chi connectivity index (χ2n) is 5.98. The van der Waals surface area contributed by atoms with Gasteiger partial charge in [0.1, 0.15) is 0 Å². The first-order valence-electron chi connectivity index (χ1n) is 8.41. The van der Waals surface area contributed by atoms with Crippen LogP contribution in [0.4, 0.5) is 16.2 Å². The quantitative estimate of drug-likeness (QED) is 0.614. The highest BCUT2D eigenvalue weighted by atomic mass is 35.5. The van der Waals surface area contributed by atoms with Crippen LogP contribution >= 0.6 is 23.4 Å². The number of para-hydroxylation sites is 2. The third kappa shape index (κ3) is 3.43. The number of carbonyl (C=O) groups excluding carboxylic acids is 1. The number of nitrogens with zero attached hydrogens (tertiary/aromatic N) is 1. The van der Waals surface area contributed by atoms with Crippen LogP contribution < -0.4 is 10.2 Å². The number of carbonyl (C=O) groups is 1. The summed E-state index contributed by atoms with van der Waals surface area (Å²) in [7, 11) is 0. The summed E-state index contributed by atoms with van der Waals surface area (Å²) < 4.78 is 0. The Balaban J connectivity index is 1.53. The number of fused-ring (bicyclic) bond motifs is 2. The van der Waals surface area contributed by atoms with Gasteiger partial charge >= 0.3 is 6.03 Å². The van der Waals surface area contributed by atoms with Crippen LogP contribution in [0, 0.1) is 0 Å². The monoisotopic (exact) mass is 380 g/mol. The maximum Gasteiger partial charge on any atom is 0.326 e. The van der Waals surface area contributed by atoms with Crippen molar-refractivity contribution in [2.45, 2.75) is 16.2 Å². The summed E-state index contributed by atoms with van der Waals surface area (Å²) in [5.74, 6) is 0. The fraction of sp³-hybridized carbons (Fsp3) is 0.0952. The van der Waals surface area contributed by atoms with E-state index in [-0.39, 0.29) is 6.03 Å².